The molecule has 0 N–H and O–H groups in total. The Bertz CT molecular complexity index is 605. The highest BCUT2D eigenvalue weighted by Gasteiger charge is 2.56. The van der Waals surface area contributed by atoms with Gasteiger partial charge < -0.3 is 4.74 Å². The quantitative estimate of drug-likeness (QED) is 0.803. The number of hydrogen-bond acceptors (Lipinski definition) is 3. The van der Waals surface area contributed by atoms with Crippen LogP contribution >= 0.6 is 11.6 Å². The monoisotopic (exact) mass is 314 g/mol. The van der Waals surface area contributed by atoms with E-state index in [-0.39, 0.29) is 16.9 Å². The molecule has 0 bridgehead atoms. The molecular formula is C15H19ClO3S. The summed E-state index contributed by atoms with van der Waals surface area (Å²) < 4.78 is 29.2. The van der Waals surface area contributed by atoms with E-state index in [2.05, 4.69) is 0 Å². The van der Waals surface area contributed by atoms with Crippen molar-refractivity contribution in [2.24, 2.45) is 5.41 Å². The first kappa shape index (κ1) is 14.2. The van der Waals surface area contributed by atoms with E-state index in [1.54, 1.807) is 18.2 Å². The molecular weight excluding hydrogens is 296 g/mol. The predicted octanol–water partition coefficient (Wildman–Crippen LogP) is 3.41. The minimum atomic E-state index is -3.19. The number of benzene rings is 1. The number of ether oxygens (including phenoxy) is 1. The Morgan fingerprint density at radius 3 is 2.60 bits per heavy atom. The third-order valence-electron chi connectivity index (χ3n) is 4.73. The number of sulfone groups is 1. The summed E-state index contributed by atoms with van der Waals surface area (Å²) in [4.78, 5) is 0.303. The first-order valence-electron chi connectivity index (χ1n) is 7.03. The highest BCUT2D eigenvalue weighted by molar-refractivity contribution is 7.90. The molecule has 110 valence electrons. The Balaban J connectivity index is 1.79. The van der Waals surface area contributed by atoms with Crippen molar-refractivity contribution in [1.29, 1.82) is 0 Å². The van der Waals surface area contributed by atoms with Crippen LogP contribution in [0.1, 0.15) is 32.1 Å². The van der Waals surface area contributed by atoms with Crippen LogP contribution in [0.5, 0.6) is 5.75 Å². The van der Waals surface area contributed by atoms with Gasteiger partial charge >= 0.3 is 0 Å². The Morgan fingerprint density at radius 2 is 2.00 bits per heavy atom. The molecule has 1 aromatic rings. The lowest BCUT2D eigenvalue weighted by Gasteiger charge is -2.50. The fourth-order valence-electron chi connectivity index (χ4n) is 3.47. The van der Waals surface area contributed by atoms with Gasteiger partial charge in [0.2, 0.25) is 0 Å². The van der Waals surface area contributed by atoms with Crippen molar-refractivity contribution >= 4 is 21.4 Å². The van der Waals surface area contributed by atoms with Gasteiger partial charge in [0.25, 0.3) is 0 Å². The standard InChI is InChI=1S/C15H19ClO3S/c1-20(17,18)12-6-4-5-11(9-12)19-14-10-13(16)15(14)7-2-3-8-15/h4-6,9,13-14H,2-3,7-8,10H2,1H3. The second-order valence-corrected chi connectivity index (χ2v) is 8.54. The molecule has 2 atom stereocenters. The molecule has 20 heavy (non-hydrogen) atoms. The maximum Gasteiger partial charge on any atom is 0.175 e. The van der Waals surface area contributed by atoms with Gasteiger partial charge in [0, 0.05) is 23.5 Å². The molecule has 2 aliphatic rings. The molecule has 2 unspecified atom stereocenters. The Labute approximate surface area is 125 Å². The fraction of sp³-hybridized carbons (Fsp3) is 0.600. The van der Waals surface area contributed by atoms with Crippen molar-refractivity contribution in [3.8, 4) is 5.75 Å². The predicted molar refractivity (Wildman–Crippen MR) is 79.1 cm³/mol. The molecule has 1 aromatic carbocycles. The van der Waals surface area contributed by atoms with Gasteiger partial charge in [-0.25, -0.2) is 8.42 Å². The Hall–Kier alpha value is -0.740. The van der Waals surface area contributed by atoms with Crippen LogP contribution in [0.2, 0.25) is 0 Å². The van der Waals surface area contributed by atoms with Crippen LogP contribution in [0.3, 0.4) is 0 Å². The number of halogens is 1. The van der Waals surface area contributed by atoms with E-state index >= 15 is 0 Å². The third kappa shape index (κ3) is 2.33. The first-order valence-corrected chi connectivity index (χ1v) is 9.35. The summed E-state index contributed by atoms with van der Waals surface area (Å²) in [6.45, 7) is 0. The molecule has 0 radical (unpaired) electrons. The summed E-state index contributed by atoms with van der Waals surface area (Å²) >= 11 is 6.40. The van der Waals surface area contributed by atoms with Gasteiger partial charge in [-0.3, -0.25) is 0 Å². The van der Waals surface area contributed by atoms with Crippen LogP contribution in [0.25, 0.3) is 0 Å². The van der Waals surface area contributed by atoms with Gasteiger partial charge in [0.15, 0.2) is 9.84 Å². The zero-order chi connectivity index (χ0) is 14.4. The van der Waals surface area contributed by atoms with E-state index in [0.29, 0.717) is 10.6 Å². The average molecular weight is 315 g/mol. The second-order valence-electron chi connectivity index (χ2n) is 6.00. The number of hydrogen-bond donors (Lipinski definition) is 0. The van der Waals surface area contributed by atoms with Crippen LogP contribution in [-0.4, -0.2) is 26.2 Å². The zero-order valence-electron chi connectivity index (χ0n) is 11.5. The smallest absolute Gasteiger partial charge is 0.175 e. The molecule has 2 fully saturated rings. The minimum absolute atomic E-state index is 0.114. The summed E-state index contributed by atoms with van der Waals surface area (Å²) in [6, 6.07) is 6.75. The van der Waals surface area contributed by atoms with Crippen LogP contribution < -0.4 is 4.74 Å². The SMILES string of the molecule is CS(=O)(=O)c1cccc(OC2CC(Cl)C23CCCC3)c1. The average Bonchev–Trinajstić information content (AvgIpc) is 2.90. The number of rotatable bonds is 3. The molecule has 0 heterocycles. The van der Waals surface area contributed by atoms with Gasteiger partial charge in [-0.1, -0.05) is 18.9 Å². The van der Waals surface area contributed by atoms with Crippen molar-refractivity contribution in [3.05, 3.63) is 24.3 Å². The molecule has 2 aliphatic carbocycles. The van der Waals surface area contributed by atoms with Gasteiger partial charge in [-0.05, 0) is 31.0 Å². The molecule has 3 rings (SSSR count). The fourth-order valence-corrected chi connectivity index (χ4v) is 4.65. The topological polar surface area (TPSA) is 43.4 Å². The van der Waals surface area contributed by atoms with Crippen LogP contribution in [-0.2, 0) is 9.84 Å². The van der Waals surface area contributed by atoms with Crippen LogP contribution in [0, 0.1) is 5.41 Å². The molecule has 0 amide bonds. The molecule has 5 heteroatoms. The van der Waals surface area contributed by atoms with Crippen molar-refractivity contribution in [3.63, 3.8) is 0 Å². The van der Waals surface area contributed by atoms with E-state index in [4.69, 9.17) is 16.3 Å². The van der Waals surface area contributed by atoms with E-state index in [9.17, 15) is 8.42 Å². The first-order chi connectivity index (χ1) is 9.42. The van der Waals surface area contributed by atoms with Gasteiger partial charge in [-0.2, -0.15) is 0 Å². The third-order valence-corrected chi connectivity index (χ3v) is 6.46. The maximum absolute atomic E-state index is 11.6. The van der Waals surface area contributed by atoms with Gasteiger partial charge in [0.1, 0.15) is 11.9 Å². The lowest BCUT2D eigenvalue weighted by molar-refractivity contribution is -0.0356. The van der Waals surface area contributed by atoms with Crippen molar-refractivity contribution < 1.29 is 13.2 Å². The van der Waals surface area contributed by atoms with E-state index < -0.39 is 9.84 Å². The molecule has 0 aromatic heterocycles. The maximum atomic E-state index is 11.6. The Morgan fingerprint density at radius 1 is 1.30 bits per heavy atom. The van der Waals surface area contributed by atoms with E-state index in [1.807, 2.05) is 6.07 Å². The second kappa shape index (κ2) is 4.92. The van der Waals surface area contributed by atoms with Gasteiger partial charge in [0.05, 0.1) is 4.90 Å². The zero-order valence-corrected chi connectivity index (χ0v) is 13.1. The molecule has 0 aliphatic heterocycles. The molecule has 0 saturated heterocycles. The summed E-state index contributed by atoms with van der Waals surface area (Å²) in [7, 11) is -3.19. The number of alkyl halides is 1. The van der Waals surface area contributed by atoms with Crippen molar-refractivity contribution in [2.75, 3.05) is 6.26 Å². The summed E-state index contributed by atoms with van der Waals surface area (Å²) in [5.74, 6) is 0.632. The van der Waals surface area contributed by atoms with Crippen molar-refractivity contribution in [2.45, 2.75) is 48.5 Å². The summed E-state index contributed by atoms with van der Waals surface area (Å²) in [5.41, 5.74) is 0.114. The molecule has 2 saturated carbocycles. The van der Waals surface area contributed by atoms with Gasteiger partial charge in [-0.15, -0.1) is 11.6 Å². The van der Waals surface area contributed by atoms with Crippen LogP contribution in [0.4, 0.5) is 0 Å². The lowest BCUT2D eigenvalue weighted by Crippen LogP contribution is -2.55. The lowest BCUT2D eigenvalue weighted by atomic mass is 9.64. The van der Waals surface area contributed by atoms with E-state index in [0.717, 1.165) is 19.3 Å². The Kier molecular flexibility index (Phi) is 3.49. The van der Waals surface area contributed by atoms with E-state index in [1.165, 1.54) is 19.1 Å². The van der Waals surface area contributed by atoms with Crippen LogP contribution in [0.15, 0.2) is 29.2 Å². The summed E-state index contributed by atoms with van der Waals surface area (Å²) in [6.07, 6.45) is 6.86. The normalized spacial score (nSPS) is 28.3. The minimum Gasteiger partial charge on any atom is -0.490 e. The van der Waals surface area contributed by atoms with Crippen molar-refractivity contribution in [1.82, 2.24) is 0 Å². The molecule has 1 spiro atoms. The highest BCUT2D eigenvalue weighted by atomic mass is 35.5. The molecule has 3 nitrogen and oxygen atoms in total. The summed E-state index contributed by atoms with van der Waals surface area (Å²) in [5, 5.41) is 0.202. The highest BCUT2D eigenvalue weighted by Crippen LogP contribution is 2.57. The largest absolute Gasteiger partial charge is 0.490 e.